The first-order valence-corrected chi connectivity index (χ1v) is 9.13. The third-order valence-corrected chi connectivity index (χ3v) is 4.10. The predicted octanol–water partition coefficient (Wildman–Crippen LogP) is 5.05. The Morgan fingerprint density at radius 2 is 1.52 bits per heavy atom. The van der Waals surface area contributed by atoms with Crippen molar-refractivity contribution in [2.45, 2.75) is 32.9 Å². The zero-order valence-electron chi connectivity index (χ0n) is 16.0. The van der Waals surface area contributed by atoms with Crippen molar-refractivity contribution < 1.29 is 37.3 Å². The van der Waals surface area contributed by atoms with Gasteiger partial charge in [-0.05, 0) is 18.2 Å². The highest BCUT2D eigenvalue weighted by atomic mass is 19.4. The monoisotopic (exact) mass is 410 g/mol. The number of phenols is 1. The number of carbonyl (C=O) groups is 2. The molecule has 0 unspecified atom stereocenters. The fourth-order valence-electron chi connectivity index (χ4n) is 2.80. The van der Waals surface area contributed by atoms with Crippen LogP contribution >= 0.6 is 0 Å². The van der Waals surface area contributed by atoms with Crippen LogP contribution in [0.4, 0.5) is 13.2 Å². The van der Waals surface area contributed by atoms with E-state index < -0.39 is 41.0 Å². The molecule has 0 aromatic heterocycles. The molecule has 0 fully saturated rings. The summed E-state index contributed by atoms with van der Waals surface area (Å²) in [6, 6.07) is 7.22. The van der Waals surface area contributed by atoms with Gasteiger partial charge in [0, 0.05) is 18.4 Å². The van der Waals surface area contributed by atoms with Crippen LogP contribution in [0.2, 0.25) is 0 Å². The van der Waals surface area contributed by atoms with Gasteiger partial charge in [-0.1, -0.05) is 32.0 Å². The molecule has 156 valence electrons. The minimum atomic E-state index is -4.66. The Morgan fingerprint density at radius 3 is 2.17 bits per heavy atom. The van der Waals surface area contributed by atoms with Crippen molar-refractivity contribution >= 4 is 11.6 Å². The number of ketones is 2. The normalized spacial score (nSPS) is 12.6. The van der Waals surface area contributed by atoms with Gasteiger partial charge in [0.2, 0.25) is 5.75 Å². The Bertz CT molecular complexity index is 890. The summed E-state index contributed by atoms with van der Waals surface area (Å²) in [4.78, 5) is 24.5. The van der Waals surface area contributed by atoms with E-state index in [0.717, 1.165) is 12.1 Å². The fraction of sp³-hybridized carbons (Fsp3) is 0.333. The number of benzene rings is 2. The Hall–Kier alpha value is -3.03. The van der Waals surface area contributed by atoms with Gasteiger partial charge in [-0.3, -0.25) is 9.59 Å². The number of fused-ring (bicyclic) bond motifs is 1. The quantitative estimate of drug-likeness (QED) is 0.698. The largest absolute Gasteiger partial charge is 0.504 e. The van der Waals surface area contributed by atoms with Gasteiger partial charge in [0.05, 0.1) is 11.1 Å². The van der Waals surface area contributed by atoms with E-state index in [4.69, 9.17) is 9.47 Å². The number of hydrogen-bond donors (Lipinski definition) is 1. The molecule has 0 saturated carbocycles. The average molecular weight is 410 g/mol. The molecular weight excluding hydrogens is 389 g/mol. The number of carbonyl (C=O) groups excluding carboxylic acids is 2. The molecule has 0 spiro atoms. The molecule has 2 aromatic carbocycles. The van der Waals surface area contributed by atoms with Crippen molar-refractivity contribution in [3.05, 3.63) is 53.1 Å². The lowest BCUT2D eigenvalue weighted by atomic mass is 9.97. The van der Waals surface area contributed by atoms with Crippen molar-refractivity contribution in [1.29, 1.82) is 0 Å². The SMILES string of the molecule is CC.O=C(CCC(=O)c1ccc2c(c1O)OCCO2)c1ccccc1C(F)(F)F. The van der Waals surface area contributed by atoms with E-state index in [1.54, 1.807) is 0 Å². The Morgan fingerprint density at radius 1 is 0.931 bits per heavy atom. The number of rotatable bonds is 5. The molecule has 0 aliphatic carbocycles. The van der Waals surface area contributed by atoms with E-state index >= 15 is 0 Å². The van der Waals surface area contributed by atoms with E-state index in [2.05, 4.69) is 0 Å². The van der Waals surface area contributed by atoms with Gasteiger partial charge in [0.25, 0.3) is 0 Å². The first kappa shape index (κ1) is 22.3. The Labute approximate surface area is 166 Å². The first-order chi connectivity index (χ1) is 13.8. The summed E-state index contributed by atoms with van der Waals surface area (Å²) in [5, 5.41) is 10.2. The van der Waals surface area contributed by atoms with Gasteiger partial charge in [-0.25, -0.2) is 0 Å². The lowest BCUT2D eigenvalue weighted by molar-refractivity contribution is -0.137. The first-order valence-electron chi connectivity index (χ1n) is 9.13. The third kappa shape index (κ3) is 5.07. The van der Waals surface area contributed by atoms with Crippen LogP contribution in [0.3, 0.4) is 0 Å². The molecule has 3 rings (SSSR count). The molecule has 0 saturated heterocycles. The number of ether oxygens (including phenoxy) is 2. The smallest absolute Gasteiger partial charge is 0.417 e. The predicted molar refractivity (Wildman–Crippen MR) is 99.8 cm³/mol. The summed E-state index contributed by atoms with van der Waals surface area (Å²) >= 11 is 0. The van der Waals surface area contributed by atoms with Gasteiger partial charge < -0.3 is 14.6 Å². The molecule has 5 nitrogen and oxygen atoms in total. The summed E-state index contributed by atoms with van der Waals surface area (Å²) in [5.41, 5.74) is -1.59. The summed E-state index contributed by atoms with van der Waals surface area (Å²) in [6.45, 7) is 4.53. The van der Waals surface area contributed by atoms with Crippen molar-refractivity contribution in [3.8, 4) is 17.2 Å². The average Bonchev–Trinajstić information content (AvgIpc) is 2.73. The molecule has 29 heavy (non-hydrogen) atoms. The van der Waals surface area contributed by atoms with Crippen LogP contribution in [0.5, 0.6) is 17.2 Å². The number of phenolic OH excluding ortho intramolecular Hbond substituents is 1. The lowest BCUT2D eigenvalue weighted by Crippen LogP contribution is -2.16. The van der Waals surface area contributed by atoms with E-state index in [0.29, 0.717) is 12.4 Å². The second kappa shape index (κ2) is 9.45. The third-order valence-electron chi connectivity index (χ3n) is 4.10. The standard InChI is InChI=1S/C19H15F3O5.C2H6/c20-19(21,22)13-4-2-1-3-11(13)14(23)6-7-15(24)12-5-8-16-18(17(12)25)27-10-9-26-16;1-2/h1-5,8,25H,6-7,9-10H2;1-2H3. The molecule has 0 atom stereocenters. The van der Waals surface area contributed by atoms with Crippen molar-refractivity contribution in [2.75, 3.05) is 13.2 Å². The van der Waals surface area contributed by atoms with E-state index in [1.165, 1.54) is 24.3 Å². The summed E-state index contributed by atoms with van der Waals surface area (Å²) < 4.78 is 49.6. The molecule has 2 aromatic rings. The van der Waals surface area contributed by atoms with Gasteiger partial charge >= 0.3 is 6.18 Å². The highest BCUT2D eigenvalue weighted by Crippen LogP contribution is 2.41. The van der Waals surface area contributed by atoms with Crippen LogP contribution in [0, 0.1) is 0 Å². The minimum absolute atomic E-state index is 0.0424. The maximum absolute atomic E-state index is 13.0. The van der Waals surface area contributed by atoms with Gasteiger partial charge in [-0.2, -0.15) is 13.2 Å². The molecule has 0 bridgehead atoms. The molecule has 1 aliphatic rings. The molecule has 8 heteroatoms. The molecule has 0 radical (unpaired) electrons. The van der Waals surface area contributed by atoms with E-state index in [-0.39, 0.29) is 24.3 Å². The van der Waals surface area contributed by atoms with Crippen LogP contribution in [0.25, 0.3) is 0 Å². The maximum atomic E-state index is 13.0. The maximum Gasteiger partial charge on any atom is 0.417 e. The molecule has 1 aliphatic heterocycles. The number of hydrogen-bond acceptors (Lipinski definition) is 5. The van der Waals surface area contributed by atoms with Crippen LogP contribution in [-0.4, -0.2) is 29.9 Å². The van der Waals surface area contributed by atoms with Gasteiger partial charge in [0.1, 0.15) is 13.2 Å². The molecule has 1 N–H and O–H groups in total. The van der Waals surface area contributed by atoms with Crippen molar-refractivity contribution in [2.24, 2.45) is 0 Å². The van der Waals surface area contributed by atoms with Crippen LogP contribution < -0.4 is 9.47 Å². The van der Waals surface area contributed by atoms with Crippen LogP contribution in [0.15, 0.2) is 36.4 Å². The Balaban J connectivity index is 0.00000145. The summed E-state index contributed by atoms with van der Waals surface area (Å²) in [5.74, 6) is -1.44. The zero-order chi connectivity index (χ0) is 21.6. The highest BCUT2D eigenvalue weighted by Gasteiger charge is 2.34. The van der Waals surface area contributed by atoms with Gasteiger partial charge in [-0.15, -0.1) is 0 Å². The molecule has 1 heterocycles. The second-order valence-electron chi connectivity index (χ2n) is 5.88. The minimum Gasteiger partial charge on any atom is -0.504 e. The van der Waals surface area contributed by atoms with Crippen molar-refractivity contribution in [1.82, 2.24) is 0 Å². The topological polar surface area (TPSA) is 72.8 Å². The van der Waals surface area contributed by atoms with Gasteiger partial charge in [0.15, 0.2) is 23.1 Å². The zero-order valence-corrected chi connectivity index (χ0v) is 16.0. The molecular formula is C21H21F3O5. The van der Waals surface area contributed by atoms with Crippen LogP contribution in [-0.2, 0) is 6.18 Å². The summed E-state index contributed by atoms with van der Waals surface area (Å²) in [6.07, 6.45) is -5.43. The second-order valence-corrected chi connectivity index (χ2v) is 5.88. The Kier molecular flexibility index (Phi) is 7.25. The number of Topliss-reactive ketones (excluding diaryl/α,β-unsaturated/α-hetero) is 2. The van der Waals surface area contributed by atoms with E-state index in [9.17, 15) is 27.9 Å². The lowest BCUT2D eigenvalue weighted by Gasteiger charge is -2.20. The number of alkyl halides is 3. The number of halogens is 3. The van der Waals surface area contributed by atoms with E-state index in [1.807, 2.05) is 13.8 Å². The molecule has 0 amide bonds. The van der Waals surface area contributed by atoms with Crippen LogP contribution in [0.1, 0.15) is 53.0 Å². The van der Waals surface area contributed by atoms with Crippen molar-refractivity contribution in [3.63, 3.8) is 0 Å². The highest BCUT2D eigenvalue weighted by molar-refractivity contribution is 6.04. The fourth-order valence-corrected chi connectivity index (χ4v) is 2.80. The summed E-state index contributed by atoms with van der Waals surface area (Å²) in [7, 11) is 0. The number of aromatic hydroxyl groups is 1.